The summed E-state index contributed by atoms with van der Waals surface area (Å²) in [6.45, 7) is 10.5. The van der Waals surface area contributed by atoms with Gasteiger partial charge in [-0.05, 0) is 25.0 Å². The summed E-state index contributed by atoms with van der Waals surface area (Å²) in [4.78, 5) is 0. The fourth-order valence-corrected chi connectivity index (χ4v) is 1.90. The molecule has 0 radical (unpaired) electrons. The van der Waals surface area contributed by atoms with Gasteiger partial charge in [0, 0.05) is 5.92 Å². The third kappa shape index (κ3) is 4.90. The lowest BCUT2D eigenvalue weighted by atomic mass is 9.92. The number of benzene rings is 2. The minimum Gasteiger partial charge on any atom is -0.0776 e. The fourth-order valence-electron chi connectivity index (χ4n) is 1.90. The molecule has 0 heteroatoms. The first-order chi connectivity index (χ1) is 8.66. The first-order valence-electron chi connectivity index (χ1n) is 6.80. The van der Waals surface area contributed by atoms with E-state index in [0.717, 1.165) is 0 Å². The highest BCUT2D eigenvalue weighted by Gasteiger charge is 2.07. The summed E-state index contributed by atoms with van der Waals surface area (Å²) < 4.78 is 0. The normalized spacial score (nSPS) is 9.37. The van der Waals surface area contributed by atoms with E-state index in [1.54, 1.807) is 0 Å². The average Bonchev–Trinajstić information content (AvgIpc) is 2.42. The van der Waals surface area contributed by atoms with Gasteiger partial charge in [0.05, 0.1) is 0 Å². The molecule has 0 N–H and O–H groups in total. The zero-order chi connectivity index (χ0) is 13.5. The van der Waals surface area contributed by atoms with Gasteiger partial charge in [0.25, 0.3) is 0 Å². The van der Waals surface area contributed by atoms with E-state index >= 15 is 0 Å². The van der Waals surface area contributed by atoms with Crippen LogP contribution >= 0.6 is 0 Å². The van der Waals surface area contributed by atoms with Crippen molar-refractivity contribution in [3.63, 3.8) is 0 Å². The molecule has 0 saturated heterocycles. The second-order valence-electron chi connectivity index (χ2n) is 4.54. The molecular weight excluding hydrogens is 228 g/mol. The summed E-state index contributed by atoms with van der Waals surface area (Å²) in [6.07, 6.45) is 0. The van der Waals surface area contributed by atoms with Crippen molar-refractivity contribution < 1.29 is 0 Å². The summed E-state index contributed by atoms with van der Waals surface area (Å²) in [6, 6.07) is 17.6. The van der Waals surface area contributed by atoms with E-state index in [1.165, 1.54) is 22.3 Å². The molecule has 0 bridgehead atoms. The molecule has 0 atom stereocenters. The third-order valence-corrected chi connectivity index (χ3v) is 3.15. The monoisotopic (exact) mass is 256 g/mol. The summed E-state index contributed by atoms with van der Waals surface area (Å²) in [5.74, 6) is 0.473. The molecule has 0 amide bonds. The Bertz CT molecular complexity index is 403. The molecule has 104 valence electrons. The van der Waals surface area contributed by atoms with Gasteiger partial charge in [-0.2, -0.15) is 0 Å². The molecule has 0 saturated carbocycles. The van der Waals surface area contributed by atoms with E-state index in [4.69, 9.17) is 0 Å². The van der Waals surface area contributed by atoms with E-state index in [2.05, 4.69) is 69.3 Å². The van der Waals surface area contributed by atoms with Crippen molar-refractivity contribution in [3.8, 4) is 0 Å². The lowest BCUT2D eigenvalue weighted by Crippen LogP contribution is -1.95. The quantitative estimate of drug-likeness (QED) is 0.607. The Morgan fingerprint density at radius 2 is 0.895 bits per heavy atom. The molecule has 19 heavy (non-hydrogen) atoms. The lowest BCUT2D eigenvalue weighted by Gasteiger charge is -2.12. The van der Waals surface area contributed by atoms with Crippen LogP contribution < -0.4 is 0 Å². The molecule has 0 aliphatic heterocycles. The van der Waals surface area contributed by atoms with E-state index in [9.17, 15) is 0 Å². The molecule has 0 aliphatic rings. The maximum Gasteiger partial charge on any atom is 0.00610 e. The van der Waals surface area contributed by atoms with Crippen molar-refractivity contribution in [2.75, 3.05) is 0 Å². The van der Waals surface area contributed by atoms with Gasteiger partial charge >= 0.3 is 0 Å². The smallest absolute Gasteiger partial charge is 0.00610 e. The van der Waals surface area contributed by atoms with Gasteiger partial charge in [-0.3, -0.25) is 0 Å². The van der Waals surface area contributed by atoms with Gasteiger partial charge in [-0.1, -0.05) is 87.9 Å². The van der Waals surface area contributed by atoms with Crippen molar-refractivity contribution in [3.05, 3.63) is 70.8 Å². The van der Waals surface area contributed by atoms with Crippen molar-refractivity contribution in [1.82, 2.24) is 0 Å². The van der Waals surface area contributed by atoms with E-state index in [-0.39, 0.29) is 7.43 Å². The zero-order valence-electron chi connectivity index (χ0n) is 12.2. The molecule has 0 aromatic heterocycles. The number of hydrogen-bond donors (Lipinski definition) is 0. The van der Waals surface area contributed by atoms with Gasteiger partial charge in [0.2, 0.25) is 0 Å². The first-order valence-corrected chi connectivity index (χ1v) is 6.80. The van der Waals surface area contributed by atoms with Crippen LogP contribution in [0.25, 0.3) is 0 Å². The van der Waals surface area contributed by atoms with Gasteiger partial charge < -0.3 is 0 Å². The Balaban J connectivity index is 0.00000103. The predicted octanol–water partition coefficient (Wildman–Crippen LogP) is 6.12. The second-order valence-corrected chi connectivity index (χ2v) is 4.54. The first kappa shape index (κ1) is 17.4. The summed E-state index contributed by atoms with van der Waals surface area (Å²) >= 11 is 0. The lowest BCUT2D eigenvalue weighted by molar-refractivity contribution is 0.920. The van der Waals surface area contributed by atoms with Crippen LogP contribution in [0.2, 0.25) is 0 Å². The van der Waals surface area contributed by atoms with Gasteiger partial charge in [0.15, 0.2) is 0 Å². The Labute approximate surface area is 119 Å². The van der Waals surface area contributed by atoms with Crippen molar-refractivity contribution in [2.45, 2.75) is 48.0 Å². The van der Waals surface area contributed by atoms with Crippen LogP contribution in [-0.4, -0.2) is 0 Å². The predicted molar refractivity (Wildman–Crippen MR) is 88.0 cm³/mol. The standard InChI is InChI=1S/C16H18.C2H6.CH4/c1-12-4-8-15(9-5-12)14(3)16-10-6-13(2)7-11-16;1-2;/h4-11,14H,1-3H3;1-2H3;1H4. The SMILES string of the molecule is C.CC.Cc1ccc(C(C)c2ccc(C)cc2)cc1. The Morgan fingerprint density at radius 1 is 0.632 bits per heavy atom. The molecule has 0 fully saturated rings. The van der Waals surface area contributed by atoms with Crippen LogP contribution in [0.15, 0.2) is 48.5 Å². The summed E-state index contributed by atoms with van der Waals surface area (Å²) in [7, 11) is 0. The van der Waals surface area contributed by atoms with Crippen LogP contribution in [0.3, 0.4) is 0 Å². The minimum atomic E-state index is 0. The van der Waals surface area contributed by atoms with Crippen LogP contribution in [0, 0.1) is 13.8 Å². The van der Waals surface area contributed by atoms with Crippen LogP contribution in [-0.2, 0) is 0 Å². The van der Waals surface area contributed by atoms with Gasteiger partial charge in [-0.15, -0.1) is 0 Å². The molecule has 0 heterocycles. The topological polar surface area (TPSA) is 0 Å². The molecular formula is C19H28. The molecule has 0 aliphatic carbocycles. The third-order valence-electron chi connectivity index (χ3n) is 3.15. The molecule has 2 rings (SSSR count). The highest BCUT2D eigenvalue weighted by Crippen LogP contribution is 2.24. The summed E-state index contributed by atoms with van der Waals surface area (Å²) in [5.41, 5.74) is 5.41. The van der Waals surface area contributed by atoms with Gasteiger partial charge in [0.1, 0.15) is 0 Å². The maximum absolute atomic E-state index is 2.26. The number of rotatable bonds is 2. The van der Waals surface area contributed by atoms with Gasteiger partial charge in [-0.25, -0.2) is 0 Å². The fraction of sp³-hybridized carbons (Fsp3) is 0.368. The minimum absolute atomic E-state index is 0. The van der Waals surface area contributed by atoms with Crippen LogP contribution in [0.5, 0.6) is 0 Å². The number of aryl methyl sites for hydroxylation is 2. The van der Waals surface area contributed by atoms with Crippen molar-refractivity contribution in [2.24, 2.45) is 0 Å². The molecule has 0 spiro atoms. The maximum atomic E-state index is 2.26. The Hall–Kier alpha value is -1.56. The Kier molecular flexibility index (Phi) is 7.83. The summed E-state index contributed by atoms with van der Waals surface area (Å²) in [5, 5.41) is 0. The number of hydrogen-bond acceptors (Lipinski definition) is 0. The molecule has 2 aromatic carbocycles. The average molecular weight is 256 g/mol. The van der Waals surface area contributed by atoms with E-state index in [1.807, 2.05) is 13.8 Å². The second kappa shape index (κ2) is 8.53. The van der Waals surface area contributed by atoms with E-state index < -0.39 is 0 Å². The van der Waals surface area contributed by atoms with Crippen LogP contribution in [0.4, 0.5) is 0 Å². The molecule has 0 unspecified atom stereocenters. The van der Waals surface area contributed by atoms with Crippen molar-refractivity contribution >= 4 is 0 Å². The van der Waals surface area contributed by atoms with Crippen LogP contribution in [0.1, 0.15) is 56.4 Å². The van der Waals surface area contributed by atoms with Crippen molar-refractivity contribution in [1.29, 1.82) is 0 Å². The molecule has 2 aromatic rings. The highest BCUT2D eigenvalue weighted by molar-refractivity contribution is 5.34. The molecule has 0 nitrogen and oxygen atoms in total. The largest absolute Gasteiger partial charge is 0.0776 e. The zero-order valence-corrected chi connectivity index (χ0v) is 12.2. The van der Waals surface area contributed by atoms with E-state index in [0.29, 0.717) is 5.92 Å². The Morgan fingerprint density at radius 3 is 1.16 bits per heavy atom. The highest BCUT2D eigenvalue weighted by atomic mass is 14.1.